The van der Waals surface area contributed by atoms with Crippen LogP contribution in [0.1, 0.15) is 38.5 Å². The summed E-state index contributed by atoms with van der Waals surface area (Å²) in [5.74, 6) is 2.85. The maximum Gasteiger partial charge on any atom is 0.222 e. The van der Waals surface area contributed by atoms with Gasteiger partial charge in [0.1, 0.15) is 0 Å². The highest BCUT2D eigenvalue weighted by Crippen LogP contribution is 2.37. The van der Waals surface area contributed by atoms with Crippen molar-refractivity contribution in [3.05, 3.63) is 0 Å². The van der Waals surface area contributed by atoms with Crippen molar-refractivity contribution in [1.82, 2.24) is 10.2 Å². The Labute approximate surface area is 116 Å². The molecule has 3 nitrogen and oxygen atoms in total. The third-order valence-electron chi connectivity index (χ3n) is 5.01. The molecule has 0 aromatic rings. The Bertz CT molecular complexity index is 280. The molecule has 3 unspecified atom stereocenters. The second kappa shape index (κ2) is 6.25. The van der Waals surface area contributed by atoms with Gasteiger partial charge in [-0.3, -0.25) is 4.79 Å². The van der Waals surface area contributed by atoms with Crippen LogP contribution in [0.2, 0.25) is 0 Å². The third kappa shape index (κ3) is 3.00. The average molecular weight is 273 g/mol. The van der Waals surface area contributed by atoms with Crippen molar-refractivity contribution in [3.63, 3.8) is 0 Å². The van der Waals surface area contributed by atoms with Gasteiger partial charge in [-0.05, 0) is 56.5 Å². The lowest BCUT2D eigenvalue weighted by molar-refractivity contribution is -0.130. The summed E-state index contributed by atoms with van der Waals surface area (Å²) in [5, 5.41) is 3.37. The van der Waals surface area contributed by atoms with Crippen LogP contribution in [0, 0.1) is 17.8 Å². The molecule has 4 heteroatoms. The maximum atomic E-state index is 12.1. The van der Waals surface area contributed by atoms with Crippen molar-refractivity contribution >= 4 is 18.3 Å². The molecule has 3 fully saturated rings. The Morgan fingerprint density at radius 3 is 2.50 bits per heavy atom. The van der Waals surface area contributed by atoms with E-state index in [1.54, 1.807) is 0 Å². The van der Waals surface area contributed by atoms with Crippen molar-refractivity contribution in [1.29, 1.82) is 0 Å². The largest absolute Gasteiger partial charge is 0.342 e. The molecule has 104 valence electrons. The van der Waals surface area contributed by atoms with E-state index < -0.39 is 0 Å². The van der Waals surface area contributed by atoms with Gasteiger partial charge in [0.2, 0.25) is 5.91 Å². The predicted molar refractivity (Wildman–Crippen MR) is 74.9 cm³/mol. The standard InChI is InChI=1S/C14H24N2O.ClH/c17-14(5-4-11-6-7-15-8-11)16-9-12-2-1-3-13(12)10-16;/h11-13,15H,1-10H2;1H. The molecule has 0 radical (unpaired) electrons. The maximum absolute atomic E-state index is 12.1. The van der Waals surface area contributed by atoms with Crippen LogP contribution in [0.4, 0.5) is 0 Å². The number of amides is 1. The molecule has 3 aliphatic rings. The number of hydrogen-bond acceptors (Lipinski definition) is 2. The third-order valence-corrected chi connectivity index (χ3v) is 5.01. The molecule has 3 atom stereocenters. The number of rotatable bonds is 3. The predicted octanol–water partition coefficient (Wildman–Crippen LogP) is 2.06. The molecule has 1 aliphatic carbocycles. The number of likely N-dealkylation sites (tertiary alicyclic amines) is 1. The van der Waals surface area contributed by atoms with Crippen LogP contribution in [-0.2, 0) is 4.79 Å². The number of nitrogens with one attached hydrogen (secondary N) is 1. The number of nitrogens with zero attached hydrogens (tertiary/aromatic N) is 1. The molecule has 0 aromatic heterocycles. The molecular formula is C14H25ClN2O. The van der Waals surface area contributed by atoms with Gasteiger partial charge >= 0.3 is 0 Å². The molecule has 0 spiro atoms. The van der Waals surface area contributed by atoms with Crippen LogP contribution in [0.5, 0.6) is 0 Å². The molecule has 0 bridgehead atoms. The SMILES string of the molecule is Cl.O=C(CCC1CCNC1)N1CC2CCCC2C1. The molecule has 1 N–H and O–H groups in total. The summed E-state index contributed by atoms with van der Waals surface area (Å²) in [6, 6.07) is 0. The quantitative estimate of drug-likeness (QED) is 0.853. The van der Waals surface area contributed by atoms with E-state index in [2.05, 4.69) is 10.2 Å². The fourth-order valence-electron chi connectivity index (χ4n) is 3.89. The minimum Gasteiger partial charge on any atom is -0.342 e. The highest BCUT2D eigenvalue weighted by Gasteiger charge is 2.37. The fraction of sp³-hybridized carbons (Fsp3) is 0.929. The number of carbonyl (C=O) groups excluding carboxylic acids is 1. The van der Waals surface area contributed by atoms with Gasteiger partial charge in [-0.25, -0.2) is 0 Å². The number of carbonyl (C=O) groups is 1. The molecule has 1 saturated carbocycles. The van der Waals surface area contributed by atoms with E-state index in [9.17, 15) is 4.79 Å². The van der Waals surface area contributed by atoms with Crippen LogP contribution < -0.4 is 5.32 Å². The van der Waals surface area contributed by atoms with Crippen molar-refractivity contribution in [2.24, 2.45) is 17.8 Å². The fourth-order valence-corrected chi connectivity index (χ4v) is 3.89. The minimum absolute atomic E-state index is 0. The van der Waals surface area contributed by atoms with E-state index in [0.29, 0.717) is 5.91 Å². The Hall–Kier alpha value is -0.280. The Kier molecular flexibility index (Phi) is 4.91. The van der Waals surface area contributed by atoms with Crippen molar-refractivity contribution in [2.75, 3.05) is 26.2 Å². The normalized spacial score (nSPS) is 34.4. The first kappa shape index (κ1) is 14.1. The Balaban J connectivity index is 0.00000120. The summed E-state index contributed by atoms with van der Waals surface area (Å²) in [6.07, 6.45) is 7.26. The van der Waals surface area contributed by atoms with Crippen LogP contribution in [0.15, 0.2) is 0 Å². The van der Waals surface area contributed by atoms with Gasteiger partial charge in [0, 0.05) is 19.5 Å². The molecule has 2 saturated heterocycles. The smallest absolute Gasteiger partial charge is 0.222 e. The first-order chi connectivity index (χ1) is 8.33. The van der Waals surface area contributed by atoms with Gasteiger partial charge < -0.3 is 10.2 Å². The van der Waals surface area contributed by atoms with Gasteiger partial charge in [0.15, 0.2) is 0 Å². The van der Waals surface area contributed by atoms with Gasteiger partial charge in [0.05, 0.1) is 0 Å². The van der Waals surface area contributed by atoms with Crippen LogP contribution in [-0.4, -0.2) is 37.0 Å². The Morgan fingerprint density at radius 1 is 1.17 bits per heavy atom. The van der Waals surface area contributed by atoms with Crippen molar-refractivity contribution in [2.45, 2.75) is 38.5 Å². The summed E-state index contributed by atoms with van der Waals surface area (Å²) >= 11 is 0. The molecule has 1 amide bonds. The minimum atomic E-state index is 0. The van der Waals surface area contributed by atoms with Crippen molar-refractivity contribution in [3.8, 4) is 0 Å². The summed E-state index contributed by atoms with van der Waals surface area (Å²) in [4.78, 5) is 14.3. The van der Waals surface area contributed by atoms with E-state index >= 15 is 0 Å². The lowest BCUT2D eigenvalue weighted by atomic mass is 10.0. The van der Waals surface area contributed by atoms with Gasteiger partial charge in [-0.15, -0.1) is 12.4 Å². The van der Waals surface area contributed by atoms with Crippen LogP contribution >= 0.6 is 12.4 Å². The lowest BCUT2D eigenvalue weighted by Crippen LogP contribution is -2.29. The van der Waals surface area contributed by atoms with Gasteiger partial charge in [0.25, 0.3) is 0 Å². The molecule has 2 heterocycles. The highest BCUT2D eigenvalue weighted by molar-refractivity contribution is 5.85. The van der Waals surface area contributed by atoms with Gasteiger partial charge in [-0.1, -0.05) is 6.42 Å². The van der Waals surface area contributed by atoms with Crippen molar-refractivity contribution < 1.29 is 4.79 Å². The summed E-state index contributed by atoms with van der Waals surface area (Å²) in [5.41, 5.74) is 0. The monoisotopic (exact) mass is 272 g/mol. The molecule has 18 heavy (non-hydrogen) atoms. The highest BCUT2D eigenvalue weighted by atomic mass is 35.5. The van der Waals surface area contributed by atoms with Crippen LogP contribution in [0.25, 0.3) is 0 Å². The zero-order valence-corrected chi connectivity index (χ0v) is 11.9. The first-order valence-corrected chi connectivity index (χ1v) is 7.31. The second-order valence-electron chi connectivity index (χ2n) is 6.15. The van der Waals surface area contributed by atoms with E-state index in [1.807, 2.05) is 0 Å². The molecular weight excluding hydrogens is 248 g/mol. The van der Waals surface area contributed by atoms with E-state index in [-0.39, 0.29) is 12.4 Å². The summed E-state index contributed by atoms with van der Waals surface area (Å²) in [6.45, 7) is 4.39. The zero-order chi connectivity index (χ0) is 11.7. The summed E-state index contributed by atoms with van der Waals surface area (Å²) < 4.78 is 0. The number of hydrogen-bond donors (Lipinski definition) is 1. The molecule has 2 aliphatic heterocycles. The van der Waals surface area contributed by atoms with Crippen LogP contribution in [0.3, 0.4) is 0 Å². The topological polar surface area (TPSA) is 32.3 Å². The van der Waals surface area contributed by atoms with E-state index in [1.165, 1.54) is 25.7 Å². The second-order valence-corrected chi connectivity index (χ2v) is 6.15. The van der Waals surface area contributed by atoms with E-state index in [4.69, 9.17) is 0 Å². The zero-order valence-electron chi connectivity index (χ0n) is 11.1. The average Bonchev–Trinajstić information content (AvgIpc) is 3.01. The number of fused-ring (bicyclic) bond motifs is 1. The summed E-state index contributed by atoms with van der Waals surface area (Å²) in [7, 11) is 0. The lowest BCUT2D eigenvalue weighted by Gasteiger charge is -2.18. The van der Waals surface area contributed by atoms with E-state index in [0.717, 1.165) is 56.8 Å². The Morgan fingerprint density at radius 2 is 1.89 bits per heavy atom. The number of halogens is 1. The molecule has 3 rings (SSSR count). The van der Waals surface area contributed by atoms with Gasteiger partial charge in [-0.2, -0.15) is 0 Å². The molecule has 0 aromatic carbocycles. The first-order valence-electron chi connectivity index (χ1n) is 7.31.